The van der Waals surface area contributed by atoms with E-state index in [0.717, 1.165) is 0 Å². The van der Waals surface area contributed by atoms with Gasteiger partial charge in [-0.3, -0.25) is 9.59 Å². The van der Waals surface area contributed by atoms with E-state index in [1.807, 2.05) is 0 Å². The molecule has 0 spiro atoms. The van der Waals surface area contributed by atoms with E-state index in [1.165, 1.54) is 0 Å². The fourth-order valence-corrected chi connectivity index (χ4v) is 3.09. The van der Waals surface area contributed by atoms with Gasteiger partial charge in [0.15, 0.2) is 0 Å². The zero-order valence-electron chi connectivity index (χ0n) is 12.6. The van der Waals surface area contributed by atoms with Crippen LogP contribution in [0.25, 0.3) is 0 Å². The minimum absolute atomic E-state index is 0.0238. The molecule has 0 saturated carbocycles. The van der Waals surface area contributed by atoms with Gasteiger partial charge >= 0.3 is 6.03 Å². The lowest BCUT2D eigenvalue weighted by Crippen LogP contribution is -2.57. The van der Waals surface area contributed by atoms with Gasteiger partial charge in [0.25, 0.3) is 0 Å². The van der Waals surface area contributed by atoms with Crippen molar-refractivity contribution in [2.24, 2.45) is 0 Å². The minimum atomic E-state index is -0.381. The number of nitrogens with one attached hydrogen (secondary N) is 1. The van der Waals surface area contributed by atoms with Gasteiger partial charge in [0.1, 0.15) is 6.04 Å². The lowest BCUT2D eigenvalue weighted by Gasteiger charge is -2.39. The smallest absolute Gasteiger partial charge is 0.320 e. The van der Waals surface area contributed by atoms with Crippen LogP contribution >= 0.6 is 0 Å². The SMILES string of the molecule is O=C1CCC(C(=O)N2CCN(C(=O)N3CCOCC3)CC2)N1. The van der Waals surface area contributed by atoms with E-state index in [4.69, 9.17) is 4.74 Å². The molecule has 0 bridgehead atoms. The Hall–Kier alpha value is -1.83. The fraction of sp³-hybridized carbons (Fsp3) is 0.786. The Bertz CT molecular complexity index is 456. The molecule has 1 unspecified atom stereocenters. The molecule has 8 nitrogen and oxygen atoms in total. The van der Waals surface area contributed by atoms with E-state index in [0.29, 0.717) is 65.3 Å². The zero-order chi connectivity index (χ0) is 15.5. The van der Waals surface area contributed by atoms with Gasteiger partial charge in [-0.1, -0.05) is 0 Å². The van der Waals surface area contributed by atoms with Gasteiger partial charge in [0, 0.05) is 45.7 Å². The number of nitrogens with zero attached hydrogens (tertiary/aromatic N) is 3. The third-order valence-corrected chi connectivity index (χ3v) is 4.44. The summed E-state index contributed by atoms with van der Waals surface area (Å²) >= 11 is 0. The summed E-state index contributed by atoms with van der Waals surface area (Å²) in [7, 11) is 0. The molecule has 4 amide bonds. The summed E-state index contributed by atoms with van der Waals surface area (Å²) < 4.78 is 5.25. The summed E-state index contributed by atoms with van der Waals surface area (Å²) in [5.41, 5.74) is 0. The highest BCUT2D eigenvalue weighted by Gasteiger charge is 2.33. The molecule has 0 aromatic rings. The highest BCUT2D eigenvalue weighted by Crippen LogP contribution is 2.13. The van der Waals surface area contributed by atoms with E-state index in [9.17, 15) is 14.4 Å². The molecule has 3 rings (SSSR count). The first kappa shape index (κ1) is 15.1. The molecule has 22 heavy (non-hydrogen) atoms. The molecule has 0 aliphatic carbocycles. The molecule has 3 aliphatic rings. The van der Waals surface area contributed by atoms with Crippen molar-refractivity contribution in [2.45, 2.75) is 18.9 Å². The summed E-state index contributed by atoms with van der Waals surface area (Å²) in [6, 6.07) is -0.349. The normalized spacial score (nSPS) is 26.1. The van der Waals surface area contributed by atoms with E-state index in [2.05, 4.69) is 5.32 Å². The standard InChI is InChI=1S/C14H22N4O4/c19-12-2-1-11(15-12)13(20)16-3-5-17(6-4-16)14(21)18-7-9-22-10-8-18/h11H,1-10H2,(H,15,19). The Labute approximate surface area is 129 Å². The molecular weight excluding hydrogens is 288 g/mol. The second-order valence-corrected chi connectivity index (χ2v) is 5.85. The Balaban J connectivity index is 1.48. The second kappa shape index (κ2) is 6.51. The van der Waals surface area contributed by atoms with E-state index in [1.54, 1.807) is 14.7 Å². The van der Waals surface area contributed by atoms with Gasteiger partial charge in [-0.05, 0) is 6.42 Å². The Kier molecular flexibility index (Phi) is 4.47. The van der Waals surface area contributed by atoms with Crippen molar-refractivity contribution in [3.63, 3.8) is 0 Å². The maximum Gasteiger partial charge on any atom is 0.320 e. The Morgan fingerprint density at radius 3 is 2.14 bits per heavy atom. The quantitative estimate of drug-likeness (QED) is 0.664. The summed E-state index contributed by atoms with van der Waals surface area (Å²) in [5, 5.41) is 2.70. The van der Waals surface area contributed by atoms with Crippen LogP contribution in [0.5, 0.6) is 0 Å². The van der Waals surface area contributed by atoms with Crippen LogP contribution in [0, 0.1) is 0 Å². The molecule has 1 atom stereocenters. The number of hydrogen-bond donors (Lipinski definition) is 1. The van der Waals surface area contributed by atoms with Crippen molar-refractivity contribution in [1.82, 2.24) is 20.0 Å². The monoisotopic (exact) mass is 310 g/mol. The maximum absolute atomic E-state index is 12.4. The molecule has 8 heteroatoms. The van der Waals surface area contributed by atoms with Crippen LogP contribution < -0.4 is 5.32 Å². The maximum atomic E-state index is 12.4. The van der Waals surface area contributed by atoms with Crippen molar-refractivity contribution < 1.29 is 19.1 Å². The van der Waals surface area contributed by atoms with Gasteiger partial charge in [-0.25, -0.2) is 4.79 Å². The lowest BCUT2D eigenvalue weighted by molar-refractivity contribution is -0.135. The number of piperazine rings is 1. The average molecular weight is 310 g/mol. The zero-order valence-corrected chi connectivity index (χ0v) is 12.6. The van der Waals surface area contributed by atoms with E-state index < -0.39 is 0 Å². The predicted octanol–water partition coefficient (Wildman–Crippen LogP) is -1.14. The molecule has 0 aromatic heterocycles. The highest BCUT2D eigenvalue weighted by atomic mass is 16.5. The van der Waals surface area contributed by atoms with Gasteiger partial charge in [-0.2, -0.15) is 0 Å². The first-order valence-corrected chi connectivity index (χ1v) is 7.85. The molecule has 1 N–H and O–H groups in total. The fourth-order valence-electron chi connectivity index (χ4n) is 3.09. The van der Waals surface area contributed by atoms with Gasteiger partial charge in [-0.15, -0.1) is 0 Å². The van der Waals surface area contributed by atoms with Crippen LogP contribution in [0.4, 0.5) is 4.79 Å². The summed E-state index contributed by atoms with van der Waals surface area (Å²) in [6.45, 7) is 4.59. The first-order valence-electron chi connectivity index (χ1n) is 7.85. The third-order valence-electron chi connectivity index (χ3n) is 4.44. The van der Waals surface area contributed by atoms with Crippen molar-refractivity contribution in [1.29, 1.82) is 0 Å². The van der Waals surface area contributed by atoms with Gasteiger partial charge in [0.05, 0.1) is 13.2 Å². The molecule has 0 aromatic carbocycles. The van der Waals surface area contributed by atoms with E-state index >= 15 is 0 Å². The molecule has 0 radical (unpaired) electrons. The summed E-state index contributed by atoms with van der Waals surface area (Å²) in [4.78, 5) is 41.2. The minimum Gasteiger partial charge on any atom is -0.378 e. The first-order chi connectivity index (χ1) is 10.6. The number of carbonyl (C=O) groups is 3. The van der Waals surface area contributed by atoms with Crippen LogP contribution in [0.2, 0.25) is 0 Å². The Morgan fingerprint density at radius 1 is 0.955 bits per heavy atom. The third kappa shape index (κ3) is 3.16. The van der Waals surface area contributed by atoms with Crippen molar-refractivity contribution in [2.75, 3.05) is 52.5 Å². The van der Waals surface area contributed by atoms with Crippen LogP contribution in [0.3, 0.4) is 0 Å². The summed E-state index contributed by atoms with van der Waals surface area (Å²) in [6.07, 6.45) is 0.997. The molecule has 3 aliphatic heterocycles. The van der Waals surface area contributed by atoms with Crippen molar-refractivity contribution in [3.05, 3.63) is 0 Å². The van der Waals surface area contributed by atoms with Crippen molar-refractivity contribution in [3.8, 4) is 0 Å². The largest absolute Gasteiger partial charge is 0.378 e. The number of carbonyl (C=O) groups excluding carboxylic acids is 3. The van der Waals surface area contributed by atoms with Crippen LogP contribution in [-0.2, 0) is 14.3 Å². The van der Waals surface area contributed by atoms with Gasteiger partial charge in [0.2, 0.25) is 11.8 Å². The highest BCUT2D eigenvalue weighted by molar-refractivity contribution is 5.91. The number of amides is 4. The molecule has 3 saturated heterocycles. The number of rotatable bonds is 1. The second-order valence-electron chi connectivity index (χ2n) is 5.85. The number of hydrogen-bond acceptors (Lipinski definition) is 4. The number of morpholine rings is 1. The lowest BCUT2D eigenvalue weighted by atomic mass is 10.2. The molecule has 3 heterocycles. The number of ether oxygens (including phenoxy) is 1. The van der Waals surface area contributed by atoms with Crippen LogP contribution in [0.1, 0.15) is 12.8 Å². The molecule has 3 fully saturated rings. The van der Waals surface area contributed by atoms with Crippen LogP contribution in [0.15, 0.2) is 0 Å². The summed E-state index contributed by atoms with van der Waals surface area (Å²) in [5.74, 6) is -0.0798. The predicted molar refractivity (Wildman–Crippen MR) is 77.1 cm³/mol. The van der Waals surface area contributed by atoms with Gasteiger partial charge < -0.3 is 24.8 Å². The topological polar surface area (TPSA) is 82.2 Å². The van der Waals surface area contributed by atoms with Crippen LogP contribution in [-0.4, -0.2) is 91.1 Å². The molecular formula is C14H22N4O4. The van der Waals surface area contributed by atoms with Crippen molar-refractivity contribution >= 4 is 17.8 Å². The average Bonchev–Trinajstić information content (AvgIpc) is 3.01. The Morgan fingerprint density at radius 2 is 1.55 bits per heavy atom. The van der Waals surface area contributed by atoms with E-state index in [-0.39, 0.29) is 23.9 Å². The molecule has 122 valence electrons. The number of urea groups is 1.